The van der Waals surface area contributed by atoms with E-state index in [-0.39, 0.29) is 36.0 Å². The monoisotopic (exact) mass is 470 g/mol. The van der Waals surface area contributed by atoms with Gasteiger partial charge < -0.3 is 14.5 Å². The van der Waals surface area contributed by atoms with Gasteiger partial charge in [0.25, 0.3) is 5.56 Å². The van der Waals surface area contributed by atoms with Crippen LogP contribution in [-0.4, -0.2) is 59.4 Å². The number of alkyl halides is 3. The van der Waals surface area contributed by atoms with E-state index in [1.54, 1.807) is 0 Å². The Labute approximate surface area is 184 Å². The van der Waals surface area contributed by atoms with Crippen LogP contribution in [0.25, 0.3) is 0 Å². The fourth-order valence-electron chi connectivity index (χ4n) is 4.72. The van der Waals surface area contributed by atoms with Gasteiger partial charge in [0.1, 0.15) is 11.9 Å². The molecule has 2 fully saturated rings. The van der Waals surface area contributed by atoms with Crippen LogP contribution in [0.5, 0.6) is 0 Å². The second kappa shape index (κ2) is 7.79. The van der Waals surface area contributed by atoms with Crippen molar-refractivity contribution in [3.05, 3.63) is 51.8 Å². The third kappa shape index (κ3) is 3.85. The first kappa shape index (κ1) is 21.8. The number of anilines is 2. The predicted octanol–water partition coefficient (Wildman–Crippen LogP) is 2.52. The van der Waals surface area contributed by atoms with Gasteiger partial charge in [-0.3, -0.25) is 14.2 Å². The van der Waals surface area contributed by atoms with Gasteiger partial charge in [0.2, 0.25) is 5.95 Å². The molecule has 2 saturated heterocycles. The maximum Gasteiger partial charge on any atom is 0.408 e. The number of nitrogens with zero attached hydrogens (tertiary/aromatic N) is 4. The lowest BCUT2D eigenvalue weighted by molar-refractivity contribution is -0.152. The molecule has 0 spiro atoms. The molecule has 12 heteroatoms. The summed E-state index contributed by atoms with van der Waals surface area (Å²) in [5.41, 5.74) is -0.802. The highest BCUT2D eigenvalue weighted by molar-refractivity contribution is 5.99. The van der Waals surface area contributed by atoms with E-state index >= 15 is 0 Å². The highest BCUT2D eigenvalue weighted by Gasteiger charge is 2.48. The average Bonchev–Trinajstić information content (AvgIpc) is 3.39. The first-order valence-corrected chi connectivity index (χ1v) is 10.4. The highest BCUT2D eigenvalue weighted by Crippen LogP contribution is 2.36. The minimum atomic E-state index is -4.70. The van der Waals surface area contributed by atoms with Gasteiger partial charge >= 0.3 is 6.18 Å². The van der Waals surface area contributed by atoms with Crippen LogP contribution in [-0.2, 0) is 11.3 Å². The Morgan fingerprint density at radius 3 is 2.61 bits per heavy atom. The molecule has 3 aliphatic rings. The normalized spacial score (nSPS) is 24.3. The summed E-state index contributed by atoms with van der Waals surface area (Å²) in [5, 5.41) is 0. The number of morpholine rings is 1. The molecule has 0 saturated carbocycles. The maximum atomic E-state index is 13.9. The summed E-state index contributed by atoms with van der Waals surface area (Å²) in [6.45, 7) is -0.109. The summed E-state index contributed by atoms with van der Waals surface area (Å²) in [5.74, 6) is -3.36. The van der Waals surface area contributed by atoms with Crippen molar-refractivity contribution in [1.29, 1.82) is 0 Å². The Morgan fingerprint density at radius 2 is 1.97 bits per heavy atom. The van der Waals surface area contributed by atoms with Gasteiger partial charge in [-0.1, -0.05) is 0 Å². The van der Waals surface area contributed by atoms with E-state index in [0.717, 1.165) is 28.0 Å². The molecule has 0 radical (unpaired) electrons. The maximum absolute atomic E-state index is 13.9. The van der Waals surface area contributed by atoms with Gasteiger partial charge in [-0.05, 0) is 31.0 Å². The fourth-order valence-corrected chi connectivity index (χ4v) is 4.72. The molecule has 0 amide bonds. The van der Waals surface area contributed by atoms with E-state index in [4.69, 9.17) is 4.74 Å². The molecule has 3 aliphatic heterocycles. The Hall–Kier alpha value is -3.02. The number of ether oxygens (including phenoxy) is 1. The number of hydrogen-bond donors (Lipinski definition) is 0. The molecule has 3 atom stereocenters. The number of carbonyl (C=O) groups excluding carboxylic acids is 1. The molecule has 4 heterocycles. The van der Waals surface area contributed by atoms with Crippen molar-refractivity contribution in [3.63, 3.8) is 0 Å². The summed E-state index contributed by atoms with van der Waals surface area (Å²) in [7, 11) is 0. The topological polar surface area (TPSA) is 67.7 Å². The number of fused-ring (bicyclic) bond motifs is 3. The number of ketones is 1. The Morgan fingerprint density at radius 1 is 1.18 bits per heavy atom. The van der Waals surface area contributed by atoms with Crippen LogP contribution in [0.15, 0.2) is 29.1 Å². The summed E-state index contributed by atoms with van der Waals surface area (Å²) >= 11 is 0. The van der Waals surface area contributed by atoms with Crippen LogP contribution in [0.3, 0.4) is 0 Å². The van der Waals surface area contributed by atoms with Crippen molar-refractivity contribution in [2.45, 2.75) is 43.8 Å². The number of Topliss-reactive ketones (excluding diaryl/α,β-unsaturated/α-hetero) is 1. The molecule has 1 aromatic heterocycles. The molecule has 2 unspecified atom stereocenters. The lowest BCUT2D eigenvalue weighted by atomic mass is 10.1. The molecular weight excluding hydrogens is 451 g/mol. The lowest BCUT2D eigenvalue weighted by Gasteiger charge is -2.39. The van der Waals surface area contributed by atoms with E-state index < -0.39 is 48.2 Å². The molecule has 0 aliphatic carbocycles. The molecular formula is C21H19F5N4O3. The van der Waals surface area contributed by atoms with E-state index in [1.807, 2.05) is 4.90 Å². The molecule has 2 aromatic rings. The molecule has 33 heavy (non-hydrogen) atoms. The van der Waals surface area contributed by atoms with Crippen molar-refractivity contribution in [1.82, 2.24) is 9.55 Å². The van der Waals surface area contributed by atoms with Crippen LogP contribution < -0.4 is 15.4 Å². The van der Waals surface area contributed by atoms with Gasteiger partial charge in [-0.25, -0.2) is 8.78 Å². The van der Waals surface area contributed by atoms with Crippen molar-refractivity contribution < 1.29 is 31.5 Å². The largest absolute Gasteiger partial charge is 0.408 e. The van der Waals surface area contributed by atoms with E-state index in [0.29, 0.717) is 19.2 Å². The van der Waals surface area contributed by atoms with Crippen molar-refractivity contribution in [2.75, 3.05) is 29.5 Å². The van der Waals surface area contributed by atoms with Gasteiger partial charge in [0.15, 0.2) is 17.4 Å². The zero-order valence-electron chi connectivity index (χ0n) is 17.2. The Balaban J connectivity index is 1.53. The van der Waals surface area contributed by atoms with Gasteiger partial charge in [-0.15, -0.1) is 0 Å². The highest BCUT2D eigenvalue weighted by atomic mass is 19.4. The second-order valence-electron chi connectivity index (χ2n) is 8.43. The van der Waals surface area contributed by atoms with Crippen molar-refractivity contribution in [3.8, 4) is 0 Å². The van der Waals surface area contributed by atoms with Crippen LogP contribution in [0.1, 0.15) is 23.2 Å². The fraction of sp³-hybridized carbons (Fsp3) is 0.476. The number of carbonyl (C=O) groups is 1. The number of aromatic nitrogens is 2. The lowest BCUT2D eigenvalue weighted by Crippen LogP contribution is -2.54. The third-order valence-electron chi connectivity index (χ3n) is 6.36. The summed E-state index contributed by atoms with van der Waals surface area (Å²) < 4.78 is 75.1. The minimum absolute atomic E-state index is 0.0236. The Bertz CT molecular complexity index is 1170. The molecule has 0 N–H and O–H groups in total. The SMILES string of the molecule is O=C(CN1c2nc(N3CC4CC3CO4)cc(=O)n2CC[C@H]1C(F)(F)F)c1ccc(F)c(F)c1. The smallest absolute Gasteiger partial charge is 0.374 e. The van der Waals surface area contributed by atoms with Gasteiger partial charge in [0, 0.05) is 24.7 Å². The second-order valence-corrected chi connectivity index (χ2v) is 8.43. The third-order valence-corrected chi connectivity index (χ3v) is 6.36. The molecule has 7 nitrogen and oxygen atoms in total. The summed E-state index contributed by atoms with van der Waals surface area (Å²) in [4.78, 5) is 32.5. The van der Waals surface area contributed by atoms with Gasteiger partial charge in [0.05, 0.1) is 25.3 Å². The zero-order valence-corrected chi connectivity index (χ0v) is 17.2. The van der Waals surface area contributed by atoms with E-state index in [2.05, 4.69) is 4.98 Å². The van der Waals surface area contributed by atoms with Crippen molar-refractivity contribution in [2.24, 2.45) is 0 Å². The van der Waals surface area contributed by atoms with Crippen LogP contribution in [0.2, 0.25) is 0 Å². The predicted molar refractivity (Wildman–Crippen MR) is 106 cm³/mol. The van der Waals surface area contributed by atoms with Crippen molar-refractivity contribution >= 4 is 17.5 Å². The first-order valence-electron chi connectivity index (χ1n) is 10.4. The van der Waals surface area contributed by atoms with E-state index in [1.165, 1.54) is 6.07 Å². The zero-order chi connectivity index (χ0) is 23.5. The first-order chi connectivity index (χ1) is 15.6. The van der Waals surface area contributed by atoms with Crippen LogP contribution in [0.4, 0.5) is 33.7 Å². The molecule has 1 aromatic carbocycles. The van der Waals surface area contributed by atoms with Gasteiger partial charge in [-0.2, -0.15) is 18.2 Å². The molecule has 2 bridgehead atoms. The minimum Gasteiger partial charge on any atom is -0.374 e. The number of hydrogen-bond acceptors (Lipinski definition) is 6. The number of benzene rings is 1. The standard InChI is InChI=1S/C21H19F5N4O3/c22-14-2-1-11(5-15(14)23)16(31)9-30-17(21(24,25)26)3-4-28-19(32)7-18(27-20(28)30)29-8-13-6-12(29)10-33-13/h1-2,5,7,12-13,17H,3-4,6,8-10H2/t12?,13?,17-/m0/s1. The Kier molecular flexibility index (Phi) is 5.15. The quantitative estimate of drug-likeness (QED) is 0.506. The number of halogens is 5. The molecule has 176 valence electrons. The van der Waals surface area contributed by atoms with E-state index in [9.17, 15) is 31.5 Å². The molecule has 5 rings (SSSR count). The average molecular weight is 470 g/mol. The number of rotatable bonds is 4. The van der Waals surface area contributed by atoms with Crippen LogP contribution in [0, 0.1) is 11.6 Å². The summed E-state index contributed by atoms with van der Waals surface area (Å²) in [6.07, 6.45) is -4.44. The van der Waals surface area contributed by atoms with Crippen LogP contribution >= 0.6 is 0 Å². The summed E-state index contributed by atoms with van der Waals surface area (Å²) in [6, 6.07) is 1.58.